The fraction of sp³-hybridized carbons (Fsp3) is 0.588. The Kier molecular flexibility index (Phi) is 8.32. The summed E-state index contributed by atoms with van der Waals surface area (Å²) in [6, 6.07) is 7.40. The Labute approximate surface area is 128 Å². The van der Waals surface area contributed by atoms with E-state index in [2.05, 4.69) is 29.5 Å². The summed E-state index contributed by atoms with van der Waals surface area (Å²) in [5, 5.41) is 15.9. The van der Waals surface area contributed by atoms with Crippen LogP contribution in [0.15, 0.2) is 29.3 Å². The molecule has 0 bridgehead atoms. The van der Waals surface area contributed by atoms with Crippen molar-refractivity contribution in [3.63, 3.8) is 0 Å². The maximum absolute atomic E-state index is 9.23. The lowest BCUT2D eigenvalue weighted by Gasteiger charge is -2.12. The average molecular weight is 291 g/mol. The minimum absolute atomic E-state index is 0.322. The van der Waals surface area contributed by atoms with Gasteiger partial charge in [0.05, 0.1) is 0 Å². The first kappa shape index (κ1) is 17.3. The summed E-state index contributed by atoms with van der Waals surface area (Å²) in [5.74, 6) is 1.96. The van der Waals surface area contributed by atoms with Gasteiger partial charge in [0.25, 0.3) is 0 Å². The van der Waals surface area contributed by atoms with Crippen LogP contribution in [-0.4, -0.2) is 31.2 Å². The van der Waals surface area contributed by atoms with Crippen molar-refractivity contribution in [2.24, 2.45) is 10.9 Å². The van der Waals surface area contributed by atoms with Crippen molar-refractivity contribution in [1.29, 1.82) is 0 Å². The van der Waals surface area contributed by atoms with Crippen LogP contribution in [0.2, 0.25) is 0 Å². The Morgan fingerprint density at radius 3 is 2.29 bits per heavy atom. The van der Waals surface area contributed by atoms with Gasteiger partial charge in [-0.05, 0) is 49.3 Å². The minimum atomic E-state index is 0.322. The number of hydrogen-bond donors (Lipinski definition) is 3. The van der Waals surface area contributed by atoms with E-state index in [9.17, 15) is 5.11 Å². The molecule has 0 atom stereocenters. The third-order valence-corrected chi connectivity index (χ3v) is 3.35. The standard InChI is InChI=1S/C17H29N3O/c1-14(2)6-4-12-19-17(18-3)20-13-5-7-15-8-10-16(21)11-9-15/h8-11,14,21H,4-7,12-13H2,1-3H3,(H2,18,19,20). The van der Waals surface area contributed by atoms with Crippen LogP contribution in [0.3, 0.4) is 0 Å². The molecule has 0 aliphatic rings. The lowest BCUT2D eigenvalue weighted by atomic mass is 10.1. The van der Waals surface area contributed by atoms with Gasteiger partial charge in [0.15, 0.2) is 5.96 Å². The molecule has 0 amide bonds. The molecular weight excluding hydrogens is 262 g/mol. The summed E-state index contributed by atoms with van der Waals surface area (Å²) in [7, 11) is 1.80. The Morgan fingerprint density at radius 2 is 1.71 bits per heavy atom. The maximum Gasteiger partial charge on any atom is 0.190 e. The Morgan fingerprint density at radius 1 is 1.10 bits per heavy atom. The number of hydrogen-bond acceptors (Lipinski definition) is 2. The molecule has 0 saturated carbocycles. The number of phenolic OH excluding ortho intramolecular Hbond substituents is 1. The Hall–Kier alpha value is -1.71. The predicted octanol–water partition coefficient (Wildman–Crippen LogP) is 2.93. The van der Waals surface area contributed by atoms with Crippen LogP contribution in [-0.2, 0) is 6.42 Å². The topological polar surface area (TPSA) is 56.7 Å². The monoisotopic (exact) mass is 291 g/mol. The lowest BCUT2D eigenvalue weighted by molar-refractivity contribution is 0.475. The molecule has 0 radical (unpaired) electrons. The van der Waals surface area contributed by atoms with E-state index in [0.717, 1.165) is 37.8 Å². The van der Waals surface area contributed by atoms with Gasteiger partial charge in [0.2, 0.25) is 0 Å². The first-order valence-electron chi connectivity index (χ1n) is 7.84. The average Bonchev–Trinajstić information content (AvgIpc) is 2.47. The van der Waals surface area contributed by atoms with Gasteiger partial charge < -0.3 is 15.7 Å². The van der Waals surface area contributed by atoms with Gasteiger partial charge in [-0.25, -0.2) is 0 Å². The number of aliphatic imine (C=N–C) groups is 1. The zero-order valence-electron chi connectivity index (χ0n) is 13.5. The summed E-state index contributed by atoms with van der Waals surface area (Å²) in [4.78, 5) is 4.22. The van der Waals surface area contributed by atoms with Crippen molar-refractivity contribution >= 4 is 5.96 Å². The van der Waals surface area contributed by atoms with E-state index in [0.29, 0.717) is 5.75 Å². The zero-order chi connectivity index (χ0) is 15.5. The van der Waals surface area contributed by atoms with Crippen LogP contribution in [0.4, 0.5) is 0 Å². The van der Waals surface area contributed by atoms with Gasteiger partial charge in [-0.3, -0.25) is 4.99 Å². The van der Waals surface area contributed by atoms with Crippen molar-refractivity contribution in [1.82, 2.24) is 10.6 Å². The molecule has 3 N–H and O–H groups in total. The molecule has 4 nitrogen and oxygen atoms in total. The molecule has 4 heteroatoms. The molecule has 0 fully saturated rings. The number of aromatic hydroxyl groups is 1. The van der Waals surface area contributed by atoms with Gasteiger partial charge in [0.1, 0.15) is 5.75 Å². The molecule has 1 aromatic carbocycles. The SMILES string of the molecule is CN=C(NCCCc1ccc(O)cc1)NCCCC(C)C. The summed E-state index contributed by atoms with van der Waals surface area (Å²) in [6.45, 7) is 6.35. The van der Waals surface area contributed by atoms with Gasteiger partial charge in [-0.1, -0.05) is 26.0 Å². The van der Waals surface area contributed by atoms with Gasteiger partial charge >= 0.3 is 0 Å². The highest BCUT2D eigenvalue weighted by Crippen LogP contribution is 2.10. The van der Waals surface area contributed by atoms with Gasteiger partial charge in [-0.15, -0.1) is 0 Å². The van der Waals surface area contributed by atoms with Crippen LogP contribution in [0, 0.1) is 5.92 Å². The van der Waals surface area contributed by atoms with Crippen molar-refractivity contribution in [2.75, 3.05) is 20.1 Å². The van der Waals surface area contributed by atoms with Crippen molar-refractivity contribution < 1.29 is 5.11 Å². The van der Waals surface area contributed by atoms with E-state index in [4.69, 9.17) is 0 Å². The molecule has 0 saturated heterocycles. The molecule has 0 heterocycles. The van der Waals surface area contributed by atoms with E-state index in [1.54, 1.807) is 19.2 Å². The van der Waals surface area contributed by atoms with Crippen LogP contribution in [0.25, 0.3) is 0 Å². The van der Waals surface area contributed by atoms with Crippen LogP contribution >= 0.6 is 0 Å². The number of nitrogens with one attached hydrogen (secondary N) is 2. The zero-order valence-corrected chi connectivity index (χ0v) is 13.5. The van der Waals surface area contributed by atoms with Crippen molar-refractivity contribution in [3.05, 3.63) is 29.8 Å². The predicted molar refractivity (Wildman–Crippen MR) is 89.9 cm³/mol. The fourth-order valence-electron chi connectivity index (χ4n) is 2.10. The van der Waals surface area contributed by atoms with Crippen LogP contribution in [0.1, 0.15) is 38.7 Å². The molecule has 1 aromatic rings. The van der Waals surface area contributed by atoms with E-state index in [1.807, 2.05) is 12.1 Å². The van der Waals surface area contributed by atoms with Crippen molar-refractivity contribution in [3.8, 4) is 5.75 Å². The number of benzene rings is 1. The number of nitrogens with zero attached hydrogens (tertiary/aromatic N) is 1. The smallest absolute Gasteiger partial charge is 0.190 e. The highest BCUT2D eigenvalue weighted by Gasteiger charge is 1.99. The minimum Gasteiger partial charge on any atom is -0.508 e. The third-order valence-electron chi connectivity index (χ3n) is 3.35. The molecule has 0 aliphatic heterocycles. The van der Waals surface area contributed by atoms with Crippen molar-refractivity contribution in [2.45, 2.75) is 39.5 Å². The Balaban J connectivity index is 2.13. The molecule has 0 aliphatic carbocycles. The van der Waals surface area contributed by atoms with Crippen LogP contribution in [0.5, 0.6) is 5.75 Å². The maximum atomic E-state index is 9.23. The molecule has 118 valence electrons. The number of guanidine groups is 1. The summed E-state index contributed by atoms with van der Waals surface area (Å²) < 4.78 is 0. The quantitative estimate of drug-likeness (QED) is 0.392. The number of aryl methyl sites for hydroxylation is 1. The Bertz CT molecular complexity index is 413. The highest BCUT2D eigenvalue weighted by molar-refractivity contribution is 5.79. The second kappa shape index (κ2) is 10.1. The molecule has 21 heavy (non-hydrogen) atoms. The molecule has 0 unspecified atom stereocenters. The molecule has 0 spiro atoms. The lowest BCUT2D eigenvalue weighted by Crippen LogP contribution is -2.38. The van der Waals surface area contributed by atoms with E-state index < -0.39 is 0 Å². The fourth-order valence-corrected chi connectivity index (χ4v) is 2.10. The summed E-state index contributed by atoms with van der Waals surface area (Å²) >= 11 is 0. The number of phenols is 1. The molecule has 1 rings (SSSR count). The van der Waals surface area contributed by atoms with E-state index >= 15 is 0 Å². The second-order valence-corrected chi connectivity index (χ2v) is 5.73. The first-order chi connectivity index (χ1) is 10.1. The first-order valence-corrected chi connectivity index (χ1v) is 7.84. The second-order valence-electron chi connectivity index (χ2n) is 5.73. The van der Waals surface area contributed by atoms with Gasteiger partial charge in [0, 0.05) is 20.1 Å². The summed E-state index contributed by atoms with van der Waals surface area (Å²) in [5.41, 5.74) is 1.24. The normalized spacial score (nSPS) is 11.7. The highest BCUT2D eigenvalue weighted by atomic mass is 16.3. The number of rotatable bonds is 8. The van der Waals surface area contributed by atoms with Crippen LogP contribution < -0.4 is 10.6 Å². The largest absolute Gasteiger partial charge is 0.508 e. The van der Waals surface area contributed by atoms with Gasteiger partial charge in [-0.2, -0.15) is 0 Å². The molecular formula is C17H29N3O. The third kappa shape index (κ3) is 8.23. The van der Waals surface area contributed by atoms with E-state index in [-0.39, 0.29) is 0 Å². The van der Waals surface area contributed by atoms with E-state index in [1.165, 1.54) is 18.4 Å². The summed E-state index contributed by atoms with van der Waals surface area (Å²) in [6.07, 6.45) is 4.45. The molecule has 0 aromatic heterocycles.